The molecule has 0 fully saturated rings. The molecule has 2 aromatic heterocycles. The molecule has 2 heterocycles. The van der Waals surface area contributed by atoms with Crippen LogP contribution in [0.25, 0.3) is 116 Å². The molecule has 0 N–H and O–H groups in total. The van der Waals surface area contributed by atoms with E-state index in [0.717, 1.165) is 54.6 Å². The van der Waals surface area contributed by atoms with Crippen LogP contribution < -0.4 is 0 Å². The summed E-state index contributed by atoms with van der Waals surface area (Å²) in [6.45, 7) is 0. The van der Waals surface area contributed by atoms with Crippen LogP contribution in [-0.4, -0.2) is 19.5 Å². The number of benzene rings is 10. The van der Waals surface area contributed by atoms with Gasteiger partial charge in [0.15, 0.2) is 11.6 Å². The Morgan fingerprint density at radius 2 is 0.836 bits per heavy atom. The molecule has 0 aliphatic rings. The van der Waals surface area contributed by atoms with Gasteiger partial charge in [-0.1, -0.05) is 194 Å². The molecule has 0 bridgehead atoms. The molecule has 0 amide bonds. The lowest BCUT2D eigenvalue weighted by Gasteiger charge is -2.14. The first kappa shape index (κ1) is 28.3. The first-order valence-corrected chi connectivity index (χ1v) is 20.1. The Labute approximate surface area is 362 Å². The molecule has 4 nitrogen and oxygen atoms in total. The van der Waals surface area contributed by atoms with Gasteiger partial charge in [0.25, 0.3) is 0 Å². The van der Waals surface area contributed by atoms with E-state index in [1.807, 2.05) is 115 Å². The molecule has 0 saturated heterocycles. The number of hydrogen-bond acceptors (Lipinski definition) is 3. The second-order valence-corrected chi connectivity index (χ2v) is 15.1. The van der Waals surface area contributed by atoms with Crippen molar-refractivity contribution in [3.8, 4) is 62.1 Å². The number of nitrogens with zero attached hydrogens (tertiary/aromatic N) is 4. The highest BCUT2D eigenvalue weighted by Crippen LogP contribution is 2.41. The minimum absolute atomic E-state index is 0.0182. The number of fused-ring (bicyclic) bond motifs is 9. The largest absolute Gasteiger partial charge is 0.277 e. The van der Waals surface area contributed by atoms with E-state index in [2.05, 4.69) is 60.7 Å². The third-order valence-corrected chi connectivity index (χ3v) is 11.5. The summed E-state index contributed by atoms with van der Waals surface area (Å²) >= 11 is 0. The highest BCUT2D eigenvalue weighted by atomic mass is 15.2. The van der Waals surface area contributed by atoms with Crippen molar-refractivity contribution in [2.45, 2.75) is 0 Å². The molecular formula is C57H36N4. The van der Waals surface area contributed by atoms with Gasteiger partial charge in [-0.3, -0.25) is 4.57 Å². The lowest BCUT2D eigenvalue weighted by atomic mass is 9.93. The van der Waals surface area contributed by atoms with Crippen LogP contribution in [0.5, 0.6) is 0 Å². The quantitative estimate of drug-likeness (QED) is 0.158. The molecule has 0 aliphatic heterocycles. The van der Waals surface area contributed by atoms with Crippen LogP contribution in [0.15, 0.2) is 218 Å². The van der Waals surface area contributed by atoms with Gasteiger partial charge in [0.05, 0.1) is 20.6 Å². The minimum atomic E-state index is -0.485. The van der Waals surface area contributed by atoms with Gasteiger partial charge in [-0.15, -0.1) is 0 Å². The predicted molar refractivity (Wildman–Crippen MR) is 254 cm³/mol. The lowest BCUT2D eigenvalue weighted by molar-refractivity contribution is 0.954. The maximum Gasteiger partial charge on any atom is 0.238 e. The van der Waals surface area contributed by atoms with Crippen molar-refractivity contribution < 1.29 is 9.60 Å². The average Bonchev–Trinajstić information content (AvgIpc) is 3.75. The summed E-state index contributed by atoms with van der Waals surface area (Å²) in [7, 11) is 0. The monoisotopic (exact) mass is 783 g/mol. The number of rotatable bonds is 6. The molecule has 0 atom stereocenters. The molecule has 61 heavy (non-hydrogen) atoms. The van der Waals surface area contributed by atoms with Gasteiger partial charge in [-0.05, 0) is 84.4 Å². The van der Waals surface area contributed by atoms with E-state index in [-0.39, 0.29) is 63.5 Å². The SMILES string of the molecule is [2H]c1c([2H])c([2H])c2c(c1[2H])c1c([2H])c([2H])c([2H])c(-c3cccc(-c4cccc(-c5ccccc5)c4)c3)c1n2-c1nc(-c2ccccc2)nc(-c2ccc3c4ccccc4c4ccccc4c3c2)n1. The summed E-state index contributed by atoms with van der Waals surface area (Å²) in [5.74, 6) is 0.632. The molecule has 284 valence electrons. The van der Waals surface area contributed by atoms with E-state index >= 15 is 0 Å². The summed E-state index contributed by atoms with van der Waals surface area (Å²) in [5.41, 5.74) is 6.24. The maximum absolute atomic E-state index is 9.61. The van der Waals surface area contributed by atoms with Gasteiger partial charge in [0, 0.05) is 27.5 Å². The second-order valence-electron chi connectivity index (χ2n) is 15.1. The number of aromatic nitrogens is 4. The van der Waals surface area contributed by atoms with Gasteiger partial charge in [-0.2, -0.15) is 9.97 Å². The van der Waals surface area contributed by atoms with E-state index < -0.39 is 12.1 Å². The second kappa shape index (κ2) is 14.3. The Balaban J connectivity index is 1.17. The average molecular weight is 784 g/mol. The van der Waals surface area contributed by atoms with Crippen molar-refractivity contribution in [2.24, 2.45) is 0 Å². The zero-order valence-corrected chi connectivity index (χ0v) is 32.5. The Morgan fingerprint density at radius 3 is 1.52 bits per heavy atom. The summed E-state index contributed by atoms with van der Waals surface area (Å²) in [6, 6.07) is 55.5. The fourth-order valence-corrected chi connectivity index (χ4v) is 8.70. The van der Waals surface area contributed by atoms with Crippen LogP contribution in [0.3, 0.4) is 0 Å². The fourth-order valence-electron chi connectivity index (χ4n) is 8.70. The van der Waals surface area contributed by atoms with E-state index in [9.17, 15) is 6.85 Å². The van der Waals surface area contributed by atoms with Crippen LogP contribution in [0.4, 0.5) is 0 Å². The highest BCUT2D eigenvalue weighted by Gasteiger charge is 2.21. The van der Waals surface area contributed by atoms with Crippen molar-refractivity contribution in [1.29, 1.82) is 0 Å². The maximum atomic E-state index is 9.61. The molecule has 4 heteroatoms. The van der Waals surface area contributed by atoms with E-state index in [1.54, 1.807) is 4.57 Å². The van der Waals surface area contributed by atoms with Gasteiger partial charge in [0.2, 0.25) is 5.95 Å². The van der Waals surface area contributed by atoms with Gasteiger partial charge < -0.3 is 0 Å². The normalized spacial score (nSPS) is 13.2. The fraction of sp³-hybridized carbons (Fsp3) is 0. The minimum Gasteiger partial charge on any atom is -0.277 e. The Kier molecular flexibility index (Phi) is 6.61. The van der Waals surface area contributed by atoms with Gasteiger partial charge >= 0.3 is 0 Å². The van der Waals surface area contributed by atoms with Crippen molar-refractivity contribution in [3.05, 3.63) is 218 Å². The lowest BCUT2D eigenvalue weighted by Crippen LogP contribution is -2.07. The van der Waals surface area contributed by atoms with Crippen LogP contribution in [0, 0.1) is 0 Å². The van der Waals surface area contributed by atoms with E-state index in [0.29, 0.717) is 28.3 Å². The number of hydrogen-bond donors (Lipinski definition) is 0. The molecule has 0 saturated carbocycles. The molecular weight excluding hydrogens is 741 g/mol. The summed E-state index contributed by atoms with van der Waals surface area (Å²) in [6.07, 6.45) is 0. The predicted octanol–water partition coefficient (Wildman–Crippen LogP) is 14.8. The molecule has 0 aliphatic carbocycles. The summed E-state index contributed by atoms with van der Waals surface area (Å²) in [5, 5.41) is 6.62. The molecule has 12 rings (SSSR count). The topological polar surface area (TPSA) is 43.6 Å². The summed E-state index contributed by atoms with van der Waals surface area (Å²) < 4.78 is 66.4. The van der Waals surface area contributed by atoms with Crippen molar-refractivity contribution in [3.63, 3.8) is 0 Å². The smallest absolute Gasteiger partial charge is 0.238 e. The Hall–Kier alpha value is -8.21. The van der Waals surface area contributed by atoms with Crippen LogP contribution >= 0.6 is 0 Å². The summed E-state index contributed by atoms with van der Waals surface area (Å²) in [4.78, 5) is 15.3. The standard InChI is InChI=1S/C57H36N4/c1-3-16-37(17-4-1)39-20-13-21-40(34-39)41-22-14-23-42(35-41)44-29-15-30-51-50-28-11-12-31-53(50)61(54(44)51)57-59-55(38-18-5-2-6-19-38)58-56(60-57)43-32-33-49-47-26-8-7-24-45(47)46-25-9-10-27-48(46)52(49)36-43/h1-36H/i11D,12D,15D,28D,29D,30D,31D. The van der Waals surface area contributed by atoms with Crippen LogP contribution in [-0.2, 0) is 0 Å². The molecule has 0 unspecified atom stereocenters. The third kappa shape index (κ3) is 5.88. The zero-order chi connectivity index (χ0) is 46.4. The van der Waals surface area contributed by atoms with Crippen molar-refractivity contribution in [2.75, 3.05) is 0 Å². The van der Waals surface area contributed by atoms with Crippen molar-refractivity contribution in [1.82, 2.24) is 19.5 Å². The van der Waals surface area contributed by atoms with Crippen molar-refractivity contribution >= 4 is 54.1 Å². The number of para-hydroxylation sites is 2. The zero-order valence-electron chi connectivity index (χ0n) is 39.5. The molecule has 12 aromatic rings. The third-order valence-electron chi connectivity index (χ3n) is 11.5. The Morgan fingerprint density at radius 1 is 0.328 bits per heavy atom. The molecule has 0 spiro atoms. The first-order valence-electron chi connectivity index (χ1n) is 23.6. The van der Waals surface area contributed by atoms with E-state index in [4.69, 9.17) is 17.7 Å². The first-order chi connectivity index (χ1) is 33.2. The highest BCUT2D eigenvalue weighted by molar-refractivity contribution is 6.25. The van der Waals surface area contributed by atoms with Crippen LogP contribution in [0.2, 0.25) is 0 Å². The molecule has 0 radical (unpaired) electrons. The van der Waals surface area contributed by atoms with Gasteiger partial charge in [-0.25, -0.2) is 4.98 Å². The van der Waals surface area contributed by atoms with E-state index in [1.165, 1.54) is 0 Å². The van der Waals surface area contributed by atoms with Crippen LogP contribution in [0.1, 0.15) is 9.60 Å². The Bertz CT molecular complexity index is 4030. The molecule has 10 aromatic carbocycles. The van der Waals surface area contributed by atoms with Gasteiger partial charge in [0.1, 0.15) is 0 Å².